The molecule has 0 aliphatic carbocycles. The van der Waals surface area contributed by atoms with Crippen molar-refractivity contribution in [3.8, 4) is 0 Å². The van der Waals surface area contributed by atoms with Gasteiger partial charge in [0.1, 0.15) is 6.04 Å². The van der Waals surface area contributed by atoms with Crippen molar-refractivity contribution < 1.29 is 4.79 Å². The van der Waals surface area contributed by atoms with E-state index < -0.39 is 0 Å². The van der Waals surface area contributed by atoms with Gasteiger partial charge in [0.15, 0.2) is 5.82 Å². The Hall–Kier alpha value is -2.63. The van der Waals surface area contributed by atoms with E-state index in [4.69, 9.17) is 5.73 Å². The summed E-state index contributed by atoms with van der Waals surface area (Å²) in [6.07, 6.45) is 5.55. The molecule has 3 rings (SSSR count). The van der Waals surface area contributed by atoms with Crippen LogP contribution in [0, 0.1) is 0 Å². The smallest absolute Gasteiger partial charge is 0.240 e. The molecule has 1 aromatic carbocycles. The number of carbonyl (C=O) groups is 1. The average Bonchev–Trinajstić information content (AvgIpc) is 3.12. The summed E-state index contributed by atoms with van der Waals surface area (Å²) in [5.74, 6) is 1.01. The Morgan fingerprint density at radius 2 is 2.09 bits per heavy atom. The molecule has 1 aromatic heterocycles. The van der Waals surface area contributed by atoms with Gasteiger partial charge in [-0.15, -0.1) is 0 Å². The van der Waals surface area contributed by atoms with E-state index in [-0.39, 0.29) is 11.9 Å². The molecule has 1 aliphatic heterocycles. The van der Waals surface area contributed by atoms with Crippen LogP contribution in [0.25, 0.3) is 12.2 Å². The maximum atomic E-state index is 11.5. The van der Waals surface area contributed by atoms with E-state index in [9.17, 15) is 4.79 Å². The van der Waals surface area contributed by atoms with E-state index in [1.807, 2.05) is 54.4 Å². The molecule has 1 aliphatic rings. The van der Waals surface area contributed by atoms with Gasteiger partial charge in [-0.25, -0.2) is 4.68 Å². The molecule has 6 heteroatoms. The van der Waals surface area contributed by atoms with Crippen molar-refractivity contribution in [3.05, 3.63) is 41.7 Å². The Labute approximate surface area is 129 Å². The van der Waals surface area contributed by atoms with E-state index in [2.05, 4.69) is 10.1 Å². The van der Waals surface area contributed by atoms with Crippen molar-refractivity contribution in [1.82, 2.24) is 14.8 Å². The number of aryl methyl sites for hydroxylation is 1. The fraction of sp³-hybridized carbons (Fsp3) is 0.312. The monoisotopic (exact) mass is 297 g/mol. The molecule has 114 valence electrons. The summed E-state index contributed by atoms with van der Waals surface area (Å²) in [5, 5.41) is 4.39. The van der Waals surface area contributed by atoms with Crippen molar-refractivity contribution in [3.63, 3.8) is 0 Å². The summed E-state index contributed by atoms with van der Waals surface area (Å²) < 4.78 is 1.70. The van der Waals surface area contributed by atoms with Crippen LogP contribution in [0.3, 0.4) is 0 Å². The number of hydrogen-bond donors (Lipinski definition) is 1. The Morgan fingerprint density at radius 1 is 1.32 bits per heavy atom. The lowest BCUT2D eigenvalue weighted by Gasteiger charge is -2.21. The van der Waals surface area contributed by atoms with E-state index in [0.29, 0.717) is 11.8 Å². The first-order valence-electron chi connectivity index (χ1n) is 7.35. The van der Waals surface area contributed by atoms with E-state index in [1.165, 1.54) is 0 Å². The summed E-state index contributed by atoms with van der Waals surface area (Å²) in [7, 11) is 1.83. The van der Waals surface area contributed by atoms with Crippen molar-refractivity contribution in [2.24, 2.45) is 12.8 Å². The highest BCUT2D eigenvalue weighted by molar-refractivity contribution is 5.83. The highest BCUT2D eigenvalue weighted by Gasteiger charge is 2.31. The molecule has 6 nitrogen and oxygen atoms in total. The summed E-state index contributed by atoms with van der Waals surface area (Å²) >= 11 is 0. The van der Waals surface area contributed by atoms with Crippen molar-refractivity contribution >= 4 is 24.0 Å². The molecule has 0 bridgehead atoms. The van der Waals surface area contributed by atoms with Crippen molar-refractivity contribution in [1.29, 1.82) is 0 Å². The molecule has 1 fully saturated rings. The number of benzene rings is 1. The van der Waals surface area contributed by atoms with E-state index in [1.54, 1.807) is 4.68 Å². The fourth-order valence-corrected chi connectivity index (χ4v) is 2.75. The molecular formula is C16H19N5O. The van der Waals surface area contributed by atoms with Gasteiger partial charge in [-0.2, -0.15) is 10.1 Å². The molecule has 0 spiro atoms. The maximum Gasteiger partial charge on any atom is 0.240 e. The SMILES string of the molecule is Cn1nc(/C=C/c2ccccc2)nc1N1CCC[C@H]1C(N)=O. The summed E-state index contributed by atoms with van der Waals surface area (Å²) in [6, 6.07) is 9.70. The predicted molar refractivity (Wildman–Crippen MR) is 85.9 cm³/mol. The van der Waals surface area contributed by atoms with Crippen LogP contribution < -0.4 is 10.6 Å². The van der Waals surface area contributed by atoms with Gasteiger partial charge in [-0.1, -0.05) is 36.4 Å². The Balaban J connectivity index is 1.82. The zero-order valence-corrected chi connectivity index (χ0v) is 12.5. The third kappa shape index (κ3) is 2.86. The molecule has 2 N–H and O–H groups in total. The zero-order chi connectivity index (χ0) is 15.5. The van der Waals surface area contributed by atoms with Crippen molar-refractivity contribution in [2.45, 2.75) is 18.9 Å². The number of rotatable bonds is 4. The number of primary amides is 1. The predicted octanol–water partition coefficient (Wildman–Crippen LogP) is 1.44. The minimum Gasteiger partial charge on any atom is -0.368 e. The number of nitrogens with zero attached hydrogens (tertiary/aromatic N) is 4. The van der Waals surface area contributed by atoms with Crippen LogP contribution in [0.15, 0.2) is 30.3 Å². The summed E-state index contributed by atoms with van der Waals surface area (Å²) in [4.78, 5) is 18.0. The van der Waals surface area contributed by atoms with Crippen molar-refractivity contribution in [2.75, 3.05) is 11.4 Å². The van der Waals surface area contributed by atoms with Gasteiger partial charge in [0.2, 0.25) is 11.9 Å². The number of anilines is 1. The average molecular weight is 297 g/mol. The van der Waals surface area contributed by atoms with E-state index >= 15 is 0 Å². The van der Waals surface area contributed by atoms with Gasteiger partial charge in [0.05, 0.1) is 0 Å². The molecule has 22 heavy (non-hydrogen) atoms. The quantitative estimate of drug-likeness (QED) is 0.926. The first kappa shape index (κ1) is 14.3. The van der Waals surface area contributed by atoms with Crippen LogP contribution in [0.4, 0.5) is 5.95 Å². The molecule has 1 atom stereocenters. The second kappa shape index (κ2) is 6.01. The molecule has 2 aromatic rings. The van der Waals surface area contributed by atoms with Gasteiger partial charge < -0.3 is 10.6 Å². The first-order valence-corrected chi connectivity index (χ1v) is 7.35. The van der Waals surface area contributed by atoms with Crippen LogP contribution in [-0.4, -0.2) is 33.3 Å². The van der Waals surface area contributed by atoms with Gasteiger partial charge in [0, 0.05) is 13.6 Å². The number of hydrogen-bond acceptors (Lipinski definition) is 4. The Morgan fingerprint density at radius 3 is 2.82 bits per heavy atom. The molecule has 0 unspecified atom stereocenters. The van der Waals surface area contributed by atoms with Gasteiger partial charge in [-0.05, 0) is 24.5 Å². The van der Waals surface area contributed by atoms with Crippen LogP contribution in [0.2, 0.25) is 0 Å². The largest absolute Gasteiger partial charge is 0.368 e. The topological polar surface area (TPSA) is 77.0 Å². The minimum absolute atomic E-state index is 0.283. The van der Waals surface area contributed by atoms with Gasteiger partial charge in [0.25, 0.3) is 0 Å². The number of aromatic nitrogens is 3. The summed E-state index contributed by atoms with van der Waals surface area (Å²) in [5.41, 5.74) is 6.56. The molecule has 0 saturated carbocycles. The van der Waals surface area contributed by atoms with E-state index in [0.717, 1.165) is 24.9 Å². The van der Waals surface area contributed by atoms with Crippen LogP contribution in [-0.2, 0) is 11.8 Å². The number of nitrogens with two attached hydrogens (primary N) is 1. The standard InChI is InChI=1S/C16H19N5O/c1-20-16(21-11-5-8-13(21)15(17)22)18-14(19-20)10-9-12-6-3-2-4-7-12/h2-4,6-7,9-10,13H,5,8,11H2,1H3,(H2,17,22)/b10-9+/t13-/m0/s1. The third-order valence-corrected chi connectivity index (χ3v) is 3.82. The fourth-order valence-electron chi connectivity index (χ4n) is 2.75. The lowest BCUT2D eigenvalue weighted by molar-refractivity contribution is -0.119. The molecular weight excluding hydrogens is 278 g/mol. The Kier molecular flexibility index (Phi) is 3.91. The molecule has 1 amide bonds. The lowest BCUT2D eigenvalue weighted by atomic mass is 10.2. The normalized spacial score (nSPS) is 18.2. The first-order chi connectivity index (χ1) is 10.6. The molecule has 2 heterocycles. The highest BCUT2D eigenvalue weighted by Crippen LogP contribution is 2.23. The lowest BCUT2D eigenvalue weighted by Crippen LogP contribution is -2.41. The maximum absolute atomic E-state index is 11.5. The van der Waals surface area contributed by atoms with Crippen LogP contribution in [0.1, 0.15) is 24.2 Å². The second-order valence-corrected chi connectivity index (χ2v) is 5.39. The van der Waals surface area contributed by atoms with Gasteiger partial charge in [-0.3, -0.25) is 4.79 Å². The summed E-state index contributed by atoms with van der Waals surface area (Å²) in [6.45, 7) is 0.780. The van der Waals surface area contributed by atoms with Crippen LogP contribution >= 0.6 is 0 Å². The minimum atomic E-state index is -0.304. The number of carbonyl (C=O) groups excluding carboxylic acids is 1. The Bertz CT molecular complexity index is 692. The third-order valence-electron chi connectivity index (χ3n) is 3.82. The number of amides is 1. The molecule has 1 saturated heterocycles. The highest BCUT2D eigenvalue weighted by atomic mass is 16.1. The van der Waals surface area contributed by atoms with Crippen LogP contribution in [0.5, 0.6) is 0 Å². The molecule has 0 radical (unpaired) electrons. The second-order valence-electron chi connectivity index (χ2n) is 5.39. The zero-order valence-electron chi connectivity index (χ0n) is 12.5. The van der Waals surface area contributed by atoms with Gasteiger partial charge >= 0.3 is 0 Å².